The molecule has 1 amide bonds. The Hall–Kier alpha value is -3.81. The van der Waals surface area contributed by atoms with Crippen LogP contribution in [-0.4, -0.2) is 35.6 Å². The average molecular weight is 444 g/mol. The van der Waals surface area contributed by atoms with Crippen molar-refractivity contribution in [3.63, 3.8) is 0 Å². The zero-order valence-corrected chi connectivity index (χ0v) is 18.6. The van der Waals surface area contributed by atoms with Crippen LogP contribution in [0.15, 0.2) is 42.7 Å². The fraction of sp³-hybridized carbons (Fsp3) is 0.320. The molecule has 2 aromatic heterocycles. The largest absolute Gasteiger partial charge is 0.484 e. The Morgan fingerprint density at radius 2 is 1.88 bits per heavy atom. The molecule has 0 bridgehead atoms. The molecule has 1 saturated heterocycles. The van der Waals surface area contributed by atoms with Gasteiger partial charge in [-0.3, -0.25) is 4.79 Å². The highest BCUT2D eigenvalue weighted by atomic mass is 16.6. The van der Waals surface area contributed by atoms with Crippen LogP contribution in [0.3, 0.4) is 0 Å². The molecule has 3 aromatic rings. The Morgan fingerprint density at radius 3 is 2.73 bits per heavy atom. The monoisotopic (exact) mass is 444 g/mol. The van der Waals surface area contributed by atoms with Gasteiger partial charge in [0.1, 0.15) is 30.4 Å². The van der Waals surface area contributed by atoms with E-state index in [1.54, 1.807) is 6.20 Å². The van der Waals surface area contributed by atoms with Crippen LogP contribution < -0.4 is 24.4 Å². The number of fused-ring (bicyclic) bond motifs is 4. The number of benzene rings is 1. The van der Waals surface area contributed by atoms with E-state index in [2.05, 4.69) is 15.3 Å². The van der Waals surface area contributed by atoms with Crippen molar-refractivity contribution in [2.24, 2.45) is 0 Å². The summed E-state index contributed by atoms with van der Waals surface area (Å²) in [7, 11) is 0. The molecule has 1 fully saturated rings. The van der Waals surface area contributed by atoms with E-state index in [0.717, 1.165) is 46.8 Å². The average Bonchev–Trinajstić information content (AvgIpc) is 3.24. The van der Waals surface area contributed by atoms with E-state index in [4.69, 9.17) is 14.2 Å². The van der Waals surface area contributed by atoms with E-state index >= 15 is 0 Å². The topological polar surface area (TPSA) is 85.8 Å². The van der Waals surface area contributed by atoms with Crippen LogP contribution >= 0.6 is 0 Å². The molecule has 1 aromatic carbocycles. The van der Waals surface area contributed by atoms with Crippen LogP contribution in [0.5, 0.6) is 17.4 Å². The van der Waals surface area contributed by atoms with Crippen molar-refractivity contribution >= 4 is 23.1 Å². The second-order valence-electron chi connectivity index (χ2n) is 8.91. The van der Waals surface area contributed by atoms with Gasteiger partial charge in [-0.2, -0.15) is 0 Å². The third-order valence-corrected chi connectivity index (χ3v) is 6.23. The summed E-state index contributed by atoms with van der Waals surface area (Å²) in [4.78, 5) is 23.0. The quantitative estimate of drug-likeness (QED) is 0.640. The van der Waals surface area contributed by atoms with Gasteiger partial charge in [-0.25, -0.2) is 9.97 Å². The van der Waals surface area contributed by atoms with Crippen molar-refractivity contribution < 1.29 is 19.0 Å². The zero-order chi connectivity index (χ0) is 22.6. The Balaban J connectivity index is 1.33. The Labute approximate surface area is 191 Å². The third kappa shape index (κ3) is 3.42. The maximum atomic E-state index is 12.2. The van der Waals surface area contributed by atoms with E-state index in [-0.39, 0.29) is 5.91 Å². The molecular formula is C25H24N4O4. The number of carbonyl (C=O) groups excluding carboxylic acids is 1. The van der Waals surface area contributed by atoms with Gasteiger partial charge in [0.15, 0.2) is 5.75 Å². The first-order valence-electron chi connectivity index (χ1n) is 11.1. The number of ether oxygens (including phenoxy) is 3. The predicted molar refractivity (Wildman–Crippen MR) is 123 cm³/mol. The number of carbonyl (C=O) groups is 1. The van der Waals surface area contributed by atoms with Crippen LogP contribution in [0.4, 0.5) is 17.2 Å². The lowest BCUT2D eigenvalue weighted by molar-refractivity contribution is -0.117. The van der Waals surface area contributed by atoms with Gasteiger partial charge >= 0.3 is 0 Å². The molecule has 0 spiro atoms. The van der Waals surface area contributed by atoms with Crippen LogP contribution in [0, 0.1) is 0 Å². The summed E-state index contributed by atoms with van der Waals surface area (Å²) in [6.07, 6.45) is 5.06. The van der Waals surface area contributed by atoms with E-state index in [9.17, 15) is 4.79 Å². The molecule has 33 heavy (non-hydrogen) atoms. The number of hydrogen-bond acceptors (Lipinski definition) is 7. The lowest BCUT2D eigenvalue weighted by atomic mass is 9.87. The SMILES string of the molecule is CC1(C)Oc2cc(N3CCCC3=O)ccc2-c2cnc(Nc3cnc4c(c3)OCCO4)cc21. The summed E-state index contributed by atoms with van der Waals surface area (Å²) >= 11 is 0. The van der Waals surface area contributed by atoms with E-state index < -0.39 is 5.60 Å². The van der Waals surface area contributed by atoms with Crippen molar-refractivity contribution in [1.82, 2.24) is 9.97 Å². The first-order chi connectivity index (χ1) is 16.0. The number of anilines is 3. The molecule has 0 unspecified atom stereocenters. The van der Waals surface area contributed by atoms with Crippen molar-refractivity contribution in [2.75, 3.05) is 30.0 Å². The maximum absolute atomic E-state index is 12.2. The number of rotatable bonds is 3. The summed E-state index contributed by atoms with van der Waals surface area (Å²) in [5.74, 6) is 2.74. The Morgan fingerprint density at radius 1 is 1.00 bits per heavy atom. The van der Waals surface area contributed by atoms with Gasteiger partial charge in [-0.15, -0.1) is 0 Å². The molecule has 0 saturated carbocycles. The first kappa shape index (κ1) is 19.8. The minimum atomic E-state index is -0.569. The Bertz CT molecular complexity index is 1270. The lowest BCUT2D eigenvalue weighted by Crippen LogP contribution is -2.30. The molecule has 168 valence electrons. The number of hydrogen-bond donors (Lipinski definition) is 1. The normalized spacial score (nSPS) is 17.8. The molecule has 3 aliphatic heterocycles. The number of amides is 1. The summed E-state index contributed by atoms with van der Waals surface area (Å²) in [6.45, 7) is 5.85. The predicted octanol–water partition coefficient (Wildman–Crippen LogP) is 4.41. The van der Waals surface area contributed by atoms with Gasteiger partial charge in [0.25, 0.3) is 5.88 Å². The van der Waals surface area contributed by atoms with Gasteiger partial charge in [0, 0.05) is 53.7 Å². The van der Waals surface area contributed by atoms with Gasteiger partial charge in [-0.1, -0.05) is 0 Å². The first-order valence-corrected chi connectivity index (χ1v) is 11.1. The zero-order valence-electron chi connectivity index (χ0n) is 18.6. The fourth-order valence-electron chi connectivity index (χ4n) is 4.62. The van der Waals surface area contributed by atoms with Crippen molar-refractivity contribution in [2.45, 2.75) is 32.3 Å². The number of aromatic nitrogens is 2. The molecule has 0 atom stereocenters. The Kier molecular flexibility index (Phi) is 4.43. The summed E-state index contributed by atoms with van der Waals surface area (Å²) in [5.41, 5.74) is 4.10. The van der Waals surface area contributed by atoms with Crippen molar-refractivity contribution in [3.8, 4) is 28.5 Å². The molecular weight excluding hydrogens is 420 g/mol. The second kappa shape index (κ2) is 7.37. The minimum absolute atomic E-state index is 0.163. The minimum Gasteiger partial charge on any atom is -0.484 e. The highest BCUT2D eigenvalue weighted by Crippen LogP contribution is 2.47. The highest BCUT2D eigenvalue weighted by molar-refractivity contribution is 5.96. The van der Waals surface area contributed by atoms with Crippen LogP contribution in [0.2, 0.25) is 0 Å². The summed E-state index contributed by atoms with van der Waals surface area (Å²) in [6, 6.07) is 9.84. The van der Waals surface area contributed by atoms with Crippen molar-refractivity contribution in [3.05, 3.63) is 48.3 Å². The van der Waals surface area contributed by atoms with Crippen LogP contribution in [0.1, 0.15) is 32.3 Å². The smallest absolute Gasteiger partial charge is 0.257 e. The molecule has 0 aliphatic carbocycles. The molecule has 3 aliphatic rings. The van der Waals surface area contributed by atoms with Gasteiger partial charge in [-0.05, 0) is 38.5 Å². The fourth-order valence-corrected chi connectivity index (χ4v) is 4.62. The van der Waals surface area contributed by atoms with E-state index in [0.29, 0.717) is 37.1 Å². The van der Waals surface area contributed by atoms with Gasteiger partial charge < -0.3 is 24.4 Å². The second-order valence-corrected chi connectivity index (χ2v) is 8.91. The molecule has 8 heteroatoms. The number of nitrogens with zero attached hydrogens (tertiary/aromatic N) is 3. The molecule has 1 N–H and O–H groups in total. The molecule has 6 rings (SSSR count). The van der Waals surface area contributed by atoms with Crippen molar-refractivity contribution in [1.29, 1.82) is 0 Å². The number of nitrogens with one attached hydrogen (secondary N) is 1. The molecule has 8 nitrogen and oxygen atoms in total. The van der Waals surface area contributed by atoms with Crippen LogP contribution in [0.25, 0.3) is 11.1 Å². The number of pyridine rings is 2. The maximum Gasteiger partial charge on any atom is 0.257 e. The van der Waals surface area contributed by atoms with Gasteiger partial charge in [0.2, 0.25) is 5.91 Å². The molecule has 5 heterocycles. The standard InChI is InChI=1S/C25H24N4O4/c1-25(2)19-12-22(28-15-10-21-24(27-13-15)32-9-8-31-21)26-14-18(19)17-6-5-16(11-20(17)33-25)29-7-3-4-23(29)30/h5-6,10-14H,3-4,7-9H2,1-2H3,(H,26,28). The van der Waals surface area contributed by atoms with E-state index in [1.807, 2.05) is 55.3 Å². The summed E-state index contributed by atoms with van der Waals surface area (Å²) in [5, 5.41) is 3.31. The third-order valence-electron chi connectivity index (χ3n) is 6.23. The van der Waals surface area contributed by atoms with Crippen LogP contribution in [-0.2, 0) is 10.4 Å². The van der Waals surface area contributed by atoms with E-state index in [1.165, 1.54) is 0 Å². The van der Waals surface area contributed by atoms with Gasteiger partial charge in [0.05, 0.1) is 11.9 Å². The highest BCUT2D eigenvalue weighted by Gasteiger charge is 2.34. The summed E-state index contributed by atoms with van der Waals surface area (Å²) < 4.78 is 17.5. The lowest BCUT2D eigenvalue weighted by Gasteiger charge is -2.35. The molecule has 0 radical (unpaired) electrons.